The Hall–Kier alpha value is -2.10. The highest BCUT2D eigenvalue weighted by molar-refractivity contribution is 5.61. The van der Waals surface area contributed by atoms with Gasteiger partial charge in [-0.3, -0.25) is 0 Å². The topological polar surface area (TPSA) is 49.8 Å². The number of aromatic nitrogens is 2. The first-order valence-electron chi connectivity index (χ1n) is 7.72. The van der Waals surface area contributed by atoms with Gasteiger partial charge in [0.2, 0.25) is 0 Å². The molecule has 4 nitrogen and oxygen atoms in total. The van der Waals surface area contributed by atoms with E-state index in [4.69, 9.17) is 0 Å². The maximum absolute atomic E-state index is 4.66. The van der Waals surface area contributed by atoms with Crippen LogP contribution in [0.1, 0.15) is 33.1 Å². The van der Waals surface area contributed by atoms with Gasteiger partial charge in [0.05, 0.1) is 0 Å². The van der Waals surface area contributed by atoms with E-state index in [2.05, 4.69) is 34.4 Å². The molecule has 110 valence electrons. The summed E-state index contributed by atoms with van der Waals surface area (Å²) in [5.74, 6) is 2.57. The first-order chi connectivity index (χ1) is 10.2. The van der Waals surface area contributed by atoms with Crippen molar-refractivity contribution in [2.24, 2.45) is 0 Å². The van der Waals surface area contributed by atoms with Gasteiger partial charge in [0, 0.05) is 23.7 Å². The van der Waals surface area contributed by atoms with Crippen LogP contribution in [0.4, 0.5) is 11.6 Å². The van der Waals surface area contributed by atoms with Crippen molar-refractivity contribution >= 4 is 11.6 Å². The molecular formula is C17H22N4. The zero-order chi connectivity index (χ0) is 14.7. The van der Waals surface area contributed by atoms with E-state index in [1.165, 1.54) is 12.8 Å². The SMILES string of the molecule is CCC(C)Nc1cc(NC2CC2)nc(-c2ccccc2)n1. The fourth-order valence-electron chi connectivity index (χ4n) is 2.10. The molecule has 1 unspecified atom stereocenters. The van der Waals surface area contributed by atoms with Gasteiger partial charge < -0.3 is 10.6 Å². The van der Waals surface area contributed by atoms with Crippen molar-refractivity contribution in [2.45, 2.75) is 45.2 Å². The predicted molar refractivity (Wildman–Crippen MR) is 87.5 cm³/mol. The maximum Gasteiger partial charge on any atom is 0.163 e. The van der Waals surface area contributed by atoms with E-state index < -0.39 is 0 Å². The van der Waals surface area contributed by atoms with E-state index in [1.807, 2.05) is 36.4 Å². The van der Waals surface area contributed by atoms with Crippen molar-refractivity contribution in [1.29, 1.82) is 0 Å². The van der Waals surface area contributed by atoms with E-state index in [0.29, 0.717) is 12.1 Å². The molecule has 1 fully saturated rings. The molecule has 1 aliphatic carbocycles. The molecule has 0 bridgehead atoms. The van der Waals surface area contributed by atoms with Gasteiger partial charge in [0.1, 0.15) is 11.6 Å². The van der Waals surface area contributed by atoms with Crippen molar-refractivity contribution in [3.05, 3.63) is 36.4 Å². The molecule has 0 aliphatic heterocycles. The van der Waals surface area contributed by atoms with Crippen molar-refractivity contribution < 1.29 is 0 Å². The average molecular weight is 282 g/mol. The molecule has 1 aliphatic rings. The molecule has 21 heavy (non-hydrogen) atoms. The highest BCUT2D eigenvalue weighted by Crippen LogP contribution is 2.26. The molecule has 4 heteroatoms. The highest BCUT2D eigenvalue weighted by Gasteiger charge is 2.22. The van der Waals surface area contributed by atoms with Crippen LogP contribution < -0.4 is 10.6 Å². The number of nitrogens with one attached hydrogen (secondary N) is 2. The van der Waals surface area contributed by atoms with Crippen LogP contribution in [0.3, 0.4) is 0 Å². The largest absolute Gasteiger partial charge is 0.367 e. The Morgan fingerprint density at radius 1 is 1.14 bits per heavy atom. The number of anilines is 2. The zero-order valence-electron chi connectivity index (χ0n) is 12.6. The van der Waals surface area contributed by atoms with E-state index in [1.54, 1.807) is 0 Å². The van der Waals surface area contributed by atoms with Gasteiger partial charge in [-0.05, 0) is 26.2 Å². The Balaban J connectivity index is 1.91. The molecule has 0 amide bonds. The lowest BCUT2D eigenvalue weighted by Gasteiger charge is -2.15. The van der Waals surface area contributed by atoms with Crippen LogP contribution >= 0.6 is 0 Å². The van der Waals surface area contributed by atoms with Crippen LogP contribution in [0.25, 0.3) is 11.4 Å². The molecule has 0 saturated heterocycles. The minimum absolute atomic E-state index is 0.400. The summed E-state index contributed by atoms with van der Waals surface area (Å²) in [6, 6.07) is 13.1. The summed E-state index contributed by atoms with van der Waals surface area (Å²) in [6.07, 6.45) is 3.54. The van der Waals surface area contributed by atoms with E-state index in [-0.39, 0.29) is 0 Å². The highest BCUT2D eigenvalue weighted by atomic mass is 15.1. The third kappa shape index (κ3) is 3.72. The Bertz CT molecular complexity index is 593. The Morgan fingerprint density at radius 2 is 1.86 bits per heavy atom. The fourth-order valence-corrected chi connectivity index (χ4v) is 2.10. The second-order valence-electron chi connectivity index (χ2n) is 5.70. The van der Waals surface area contributed by atoms with Gasteiger partial charge in [-0.1, -0.05) is 37.3 Å². The first-order valence-corrected chi connectivity index (χ1v) is 7.72. The lowest BCUT2D eigenvalue weighted by atomic mass is 10.2. The van der Waals surface area contributed by atoms with Crippen molar-refractivity contribution in [1.82, 2.24) is 9.97 Å². The van der Waals surface area contributed by atoms with Crippen molar-refractivity contribution in [3.8, 4) is 11.4 Å². The van der Waals surface area contributed by atoms with Gasteiger partial charge in [-0.2, -0.15) is 0 Å². The normalized spacial score (nSPS) is 15.5. The van der Waals surface area contributed by atoms with Crippen LogP contribution in [0.15, 0.2) is 36.4 Å². The molecule has 3 rings (SSSR count). The number of nitrogens with zero attached hydrogens (tertiary/aromatic N) is 2. The van der Waals surface area contributed by atoms with Crippen LogP contribution in [-0.4, -0.2) is 22.1 Å². The number of hydrogen-bond donors (Lipinski definition) is 2. The van der Waals surface area contributed by atoms with Gasteiger partial charge >= 0.3 is 0 Å². The summed E-state index contributed by atoms with van der Waals surface area (Å²) in [5, 5.41) is 6.91. The molecule has 1 heterocycles. The van der Waals surface area contributed by atoms with E-state index in [0.717, 1.165) is 29.4 Å². The Labute approximate surface area is 126 Å². The van der Waals surface area contributed by atoms with Gasteiger partial charge in [-0.25, -0.2) is 9.97 Å². The van der Waals surface area contributed by atoms with Crippen LogP contribution in [0, 0.1) is 0 Å². The van der Waals surface area contributed by atoms with Gasteiger partial charge in [-0.15, -0.1) is 0 Å². The first kappa shape index (κ1) is 13.9. The zero-order valence-corrected chi connectivity index (χ0v) is 12.6. The van der Waals surface area contributed by atoms with Gasteiger partial charge in [0.15, 0.2) is 5.82 Å². The fraction of sp³-hybridized carbons (Fsp3) is 0.412. The lowest BCUT2D eigenvalue weighted by Crippen LogP contribution is -2.15. The van der Waals surface area contributed by atoms with Crippen molar-refractivity contribution in [2.75, 3.05) is 10.6 Å². The molecule has 1 aromatic carbocycles. The number of rotatable bonds is 6. The monoisotopic (exact) mass is 282 g/mol. The summed E-state index contributed by atoms with van der Waals surface area (Å²) in [6.45, 7) is 4.33. The minimum atomic E-state index is 0.400. The second-order valence-corrected chi connectivity index (χ2v) is 5.70. The quantitative estimate of drug-likeness (QED) is 0.843. The Kier molecular flexibility index (Phi) is 4.04. The molecule has 2 aromatic rings. The molecular weight excluding hydrogens is 260 g/mol. The van der Waals surface area contributed by atoms with Gasteiger partial charge in [0.25, 0.3) is 0 Å². The number of hydrogen-bond acceptors (Lipinski definition) is 4. The second kappa shape index (κ2) is 6.12. The molecule has 1 aromatic heterocycles. The standard InChI is InChI=1S/C17H22N4/c1-3-12(2)18-15-11-16(19-14-9-10-14)21-17(20-15)13-7-5-4-6-8-13/h4-8,11-12,14H,3,9-10H2,1-2H3,(H2,18,19,20,21). The summed E-state index contributed by atoms with van der Waals surface area (Å²) in [7, 11) is 0. The minimum Gasteiger partial charge on any atom is -0.367 e. The van der Waals surface area contributed by atoms with E-state index >= 15 is 0 Å². The smallest absolute Gasteiger partial charge is 0.163 e. The molecule has 0 spiro atoms. The maximum atomic E-state index is 4.66. The van der Waals surface area contributed by atoms with Crippen molar-refractivity contribution in [3.63, 3.8) is 0 Å². The summed E-state index contributed by atoms with van der Waals surface area (Å²) in [5.41, 5.74) is 1.05. The summed E-state index contributed by atoms with van der Waals surface area (Å²) in [4.78, 5) is 9.31. The van der Waals surface area contributed by atoms with Crippen LogP contribution in [0.5, 0.6) is 0 Å². The lowest BCUT2D eigenvalue weighted by molar-refractivity contribution is 0.758. The summed E-state index contributed by atoms with van der Waals surface area (Å²) < 4.78 is 0. The molecule has 0 radical (unpaired) electrons. The predicted octanol–water partition coefficient (Wildman–Crippen LogP) is 3.93. The molecule has 1 atom stereocenters. The van der Waals surface area contributed by atoms with Crippen LogP contribution in [-0.2, 0) is 0 Å². The molecule has 1 saturated carbocycles. The third-order valence-corrected chi connectivity index (χ3v) is 3.69. The van der Waals surface area contributed by atoms with E-state index in [9.17, 15) is 0 Å². The average Bonchev–Trinajstić information content (AvgIpc) is 3.31. The Morgan fingerprint density at radius 3 is 2.52 bits per heavy atom. The summed E-state index contributed by atoms with van der Waals surface area (Å²) >= 11 is 0. The molecule has 2 N–H and O–H groups in total. The number of benzene rings is 1. The third-order valence-electron chi connectivity index (χ3n) is 3.69. The van der Waals surface area contributed by atoms with Crippen LogP contribution in [0.2, 0.25) is 0 Å².